The third-order valence-electron chi connectivity index (χ3n) is 3.15. The predicted octanol–water partition coefficient (Wildman–Crippen LogP) is 3.75. The lowest BCUT2D eigenvalue weighted by Crippen LogP contribution is -2.17. The van der Waals surface area contributed by atoms with Gasteiger partial charge in [0.1, 0.15) is 4.21 Å². The van der Waals surface area contributed by atoms with Crippen molar-refractivity contribution in [1.29, 1.82) is 0 Å². The number of fused-ring (bicyclic) bond motifs is 1. The minimum absolute atomic E-state index is 0.104. The molecule has 1 amide bonds. The Kier molecular flexibility index (Phi) is 4.57. The third-order valence-corrected chi connectivity index (χ3v) is 6.88. The summed E-state index contributed by atoms with van der Waals surface area (Å²) in [6.07, 6.45) is 0. The zero-order valence-electron chi connectivity index (χ0n) is 12.9. The monoisotopic (exact) mass is 381 g/mol. The Hall–Kier alpha value is -1.97. The number of hydrogen-bond acceptors (Lipinski definition) is 6. The van der Waals surface area contributed by atoms with Crippen LogP contribution in [0.4, 0.5) is 10.8 Å². The van der Waals surface area contributed by atoms with Crippen molar-refractivity contribution in [3.8, 4) is 0 Å². The average Bonchev–Trinajstić information content (AvgIpc) is 3.15. The van der Waals surface area contributed by atoms with E-state index in [1.165, 1.54) is 11.3 Å². The van der Waals surface area contributed by atoms with E-state index in [0.717, 1.165) is 16.0 Å². The highest BCUT2D eigenvalue weighted by Gasteiger charge is 2.16. The molecule has 0 radical (unpaired) electrons. The number of thiazole rings is 1. The lowest BCUT2D eigenvalue weighted by molar-refractivity contribution is -0.118. The zero-order chi connectivity index (χ0) is 17.3. The first-order valence-corrected chi connectivity index (χ1v) is 10.3. The van der Waals surface area contributed by atoms with Crippen LogP contribution in [0.15, 0.2) is 39.9 Å². The van der Waals surface area contributed by atoms with E-state index in [4.69, 9.17) is 0 Å². The van der Waals surface area contributed by atoms with Gasteiger partial charge >= 0.3 is 0 Å². The number of anilines is 2. The smallest absolute Gasteiger partial charge is 0.271 e. The first kappa shape index (κ1) is 16.9. The first-order chi connectivity index (χ1) is 11.3. The zero-order valence-corrected chi connectivity index (χ0v) is 15.4. The second-order valence-electron chi connectivity index (χ2n) is 5.38. The molecule has 6 nitrogen and oxygen atoms in total. The number of amides is 1. The summed E-state index contributed by atoms with van der Waals surface area (Å²) in [5.41, 5.74) is 1.06. The standard InChI is InChI=1S/C15H15N3O3S3/c1-9(2)14(19)17-15-16-11-8-10(5-6-12(11)23-15)18-24(20,21)13-4-3-7-22-13/h3-9,18H,1-2H3,(H,16,17,19). The highest BCUT2D eigenvalue weighted by Crippen LogP contribution is 2.29. The molecule has 0 atom stereocenters. The van der Waals surface area contributed by atoms with E-state index < -0.39 is 10.0 Å². The molecule has 126 valence electrons. The summed E-state index contributed by atoms with van der Waals surface area (Å²) in [5.74, 6) is -0.238. The Bertz CT molecular complexity index is 976. The fourth-order valence-corrected chi connectivity index (χ4v) is 4.81. The molecule has 0 aliphatic rings. The molecule has 2 heterocycles. The number of thiophene rings is 1. The second kappa shape index (κ2) is 6.50. The minimum atomic E-state index is -3.59. The van der Waals surface area contributed by atoms with Crippen molar-refractivity contribution in [3.05, 3.63) is 35.7 Å². The van der Waals surface area contributed by atoms with Crippen molar-refractivity contribution >= 4 is 59.6 Å². The third kappa shape index (κ3) is 3.58. The van der Waals surface area contributed by atoms with E-state index in [2.05, 4.69) is 15.0 Å². The fourth-order valence-electron chi connectivity index (χ4n) is 1.92. The minimum Gasteiger partial charge on any atom is -0.302 e. The van der Waals surface area contributed by atoms with Crippen LogP contribution in [0.25, 0.3) is 10.2 Å². The topological polar surface area (TPSA) is 88.2 Å². The van der Waals surface area contributed by atoms with Gasteiger partial charge in [-0.25, -0.2) is 13.4 Å². The molecule has 0 spiro atoms. The van der Waals surface area contributed by atoms with Crippen LogP contribution >= 0.6 is 22.7 Å². The average molecular weight is 382 g/mol. The van der Waals surface area contributed by atoms with Crippen LogP contribution in [0, 0.1) is 5.92 Å². The lowest BCUT2D eigenvalue weighted by atomic mass is 10.2. The van der Waals surface area contributed by atoms with Gasteiger partial charge in [0.2, 0.25) is 5.91 Å². The summed E-state index contributed by atoms with van der Waals surface area (Å²) in [6, 6.07) is 8.35. The normalized spacial score (nSPS) is 11.8. The van der Waals surface area contributed by atoms with E-state index in [1.807, 2.05) is 0 Å². The van der Waals surface area contributed by atoms with Gasteiger partial charge in [-0.2, -0.15) is 0 Å². The molecule has 2 N–H and O–H groups in total. The van der Waals surface area contributed by atoms with Crippen LogP contribution < -0.4 is 10.0 Å². The molecular formula is C15H15N3O3S3. The predicted molar refractivity (Wildman–Crippen MR) is 98.2 cm³/mol. The highest BCUT2D eigenvalue weighted by atomic mass is 32.2. The molecule has 0 fully saturated rings. The maximum Gasteiger partial charge on any atom is 0.271 e. The quantitative estimate of drug-likeness (QED) is 0.704. The van der Waals surface area contributed by atoms with Gasteiger partial charge in [0.25, 0.3) is 10.0 Å². The summed E-state index contributed by atoms with van der Waals surface area (Å²) in [5, 5.41) is 4.96. The Morgan fingerprint density at radius 3 is 2.71 bits per heavy atom. The van der Waals surface area contributed by atoms with E-state index in [1.54, 1.807) is 49.6 Å². The number of hydrogen-bond donors (Lipinski definition) is 2. The molecule has 0 saturated carbocycles. The molecule has 0 aliphatic carbocycles. The van der Waals surface area contributed by atoms with Crippen molar-refractivity contribution in [3.63, 3.8) is 0 Å². The van der Waals surface area contributed by atoms with Gasteiger partial charge in [0.05, 0.1) is 15.9 Å². The van der Waals surface area contributed by atoms with Crippen LogP contribution in [0.1, 0.15) is 13.8 Å². The fraction of sp³-hybridized carbons (Fsp3) is 0.200. The maximum atomic E-state index is 12.2. The summed E-state index contributed by atoms with van der Waals surface area (Å²) in [4.78, 5) is 16.1. The highest BCUT2D eigenvalue weighted by molar-refractivity contribution is 7.94. The van der Waals surface area contributed by atoms with E-state index >= 15 is 0 Å². The van der Waals surface area contributed by atoms with Gasteiger partial charge in [-0.3, -0.25) is 9.52 Å². The molecule has 0 unspecified atom stereocenters. The van der Waals surface area contributed by atoms with Crippen molar-refractivity contribution < 1.29 is 13.2 Å². The molecule has 0 saturated heterocycles. The van der Waals surface area contributed by atoms with Gasteiger partial charge in [-0.15, -0.1) is 11.3 Å². The molecule has 3 aromatic rings. The van der Waals surface area contributed by atoms with Crippen LogP contribution in [-0.4, -0.2) is 19.3 Å². The number of benzene rings is 1. The Morgan fingerprint density at radius 2 is 2.04 bits per heavy atom. The molecule has 0 aliphatic heterocycles. The molecular weight excluding hydrogens is 366 g/mol. The van der Waals surface area contributed by atoms with Crippen molar-refractivity contribution in [2.75, 3.05) is 10.0 Å². The molecule has 9 heteroatoms. The van der Waals surface area contributed by atoms with Gasteiger partial charge in [-0.1, -0.05) is 31.3 Å². The molecule has 24 heavy (non-hydrogen) atoms. The molecule has 3 rings (SSSR count). The molecule has 1 aromatic carbocycles. The number of carbonyl (C=O) groups is 1. The number of aromatic nitrogens is 1. The first-order valence-electron chi connectivity index (χ1n) is 7.13. The molecule has 2 aromatic heterocycles. The van der Waals surface area contributed by atoms with Crippen LogP contribution in [0.3, 0.4) is 0 Å². The summed E-state index contributed by atoms with van der Waals surface area (Å²) in [7, 11) is -3.59. The van der Waals surface area contributed by atoms with E-state index in [-0.39, 0.29) is 16.0 Å². The number of carbonyl (C=O) groups excluding carboxylic acids is 1. The Balaban J connectivity index is 1.85. The Labute approximate surface area is 147 Å². The number of nitrogens with zero attached hydrogens (tertiary/aromatic N) is 1. The lowest BCUT2D eigenvalue weighted by Gasteiger charge is -2.05. The largest absolute Gasteiger partial charge is 0.302 e. The van der Waals surface area contributed by atoms with Gasteiger partial charge in [0, 0.05) is 5.92 Å². The Morgan fingerprint density at radius 1 is 1.25 bits per heavy atom. The summed E-state index contributed by atoms with van der Waals surface area (Å²) < 4.78 is 28.2. The van der Waals surface area contributed by atoms with Gasteiger partial charge in [0.15, 0.2) is 5.13 Å². The van der Waals surface area contributed by atoms with Crippen LogP contribution in [0.2, 0.25) is 0 Å². The number of rotatable bonds is 5. The second-order valence-corrected chi connectivity index (χ2v) is 9.27. The van der Waals surface area contributed by atoms with Crippen molar-refractivity contribution in [2.24, 2.45) is 5.92 Å². The van der Waals surface area contributed by atoms with Crippen molar-refractivity contribution in [1.82, 2.24) is 4.98 Å². The van der Waals surface area contributed by atoms with Crippen molar-refractivity contribution in [2.45, 2.75) is 18.1 Å². The summed E-state index contributed by atoms with van der Waals surface area (Å²) in [6.45, 7) is 3.61. The number of nitrogens with one attached hydrogen (secondary N) is 2. The maximum absolute atomic E-state index is 12.2. The summed E-state index contributed by atoms with van der Waals surface area (Å²) >= 11 is 2.50. The van der Waals surface area contributed by atoms with Crippen LogP contribution in [-0.2, 0) is 14.8 Å². The SMILES string of the molecule is CC(C)C(=O)Nc1nc2cc(NS(=O)(=O)c3cccs3)ccc2s1. The number of sulfonamides is 1. The van der Waals surface area contributed by atoms with Crippen LogP contribution in [0.5, 0.6) is 0 Å². The van der Waals surface area contributed by atoms with Gasteiger partial charge in [-0.05, 0) is 29.6 Å². The van der Waals surface area contributed by atoms with E-state index in [0.29, 0.717) is 16.3 Å². The van der Waals surface area contributed by atoms with E-state index in [9.17, 15) is 13.2 Å². The van der Waals surface area contributed by atoms with Gasteiger partial charge < -0.3 is 5.32 Å². The molecule has 0 bridgehead atoms.